The number of rotatable bonds is 4. The summed E-state index contributed by atoms with van der Waals surface area (Å²) in [5, 5.41) is 0. The molecule has 0 spiro atoms. The minimum absolute atomic E-state index is 0.0337. The fraction of sp³-hybridized carbons (Fsp3) is 0.259. The van der Waals surface area contributed by atoms with Gasteiger partial charge in [-0.2, -0.15) is 0 Å². The Morgan fingerprint density at radius 1 is 0.645 bits per heavy atom. The molecule has 2 bridgehead atoms. The number of fused-ring (bicyclic) bond motifs is 5. The Kier molecular flexibility index (Phi) is 4.85. The second-order valence-electron chi connectivity index (χ2n) is 8.55. The Morgan fingerprint density at radius 2 is 1.03 bits per heavy atom. The van der Waals surface area contributed by atoms with Crippen molar-refractivity contribution < 1.29 is 19.1 Å². The molecule has 1 saturated carbocycles. The third-order valence-corrected chi connectivity index (χ3v) is 6.48. The summed E-state index contributed by atoms with van der Waals surface area (Å²) < 4.78 is 12.0. The van der Waals surface area contributed by atoms with E-state index in [1.165, 1.54) is 11.1 Å². The van der Waals surface area contributed by atoms with Crippen LogP contribution in [0, 0.1) is 13.8 Å². The van der Waals surface area contributed by atoms with Crippen LogP contribution in [0.5, 0.6) is 0 Å². The molecule has 3 aromatic carbocycles. The number of carbonyl (C=O) groups is 2. The maximum atomic E-state index is 12.9. The summed E-state index contributed by atoms with van der Waals surface area (Å²) in [6.07, 6.45) is -0.178. The zero-order chi connectivity index (χ0) is 21.5. The SMILES string of the molecule is Cc1ccc(C(=O)OC2C3CC(c4ccccc43)C2OC(=O)c2ccc(C)cc2)cc1. The average Bonchev–Trinajstić information content (AvgIpc) is 3.32. The molecule has 0 radical (unpaired) electrons. The summed E-state index contributed by atoms with van der Waals surface area (Å²) in [6.45, 7) is 3.95. The third kappa shape index (κ3) is 3.52. The molecule has 0 saturated heterocycles. The fourth-order valence-corrected chi connectivity index (χ4v) is 4.85. The van der Waals surface area contributed by atoms with E-state index in [4.69, 9.17) is 9.47 Å². The lowest BCUT2D eigenvalue weighted by Gasteiger charge is -2.32. The molecule has 0 N–H and O–H groups in total. The summed E-state index contributed by atoms with van der Waals surface area (Å²) in [4.78, 5) is 25.8. The maximum absolute atomic E-state index is 12.9. The molecule has 2 aliphatic carbocycles. The van der Waals surface area contributed by atoms with Gasteiger partial charge in [-0.25, -0.2) is 9.59 Å². The minimum atomic E-state index is -0.497. The lowest BCUT2D eigenvalue weighted by Crippen LogP contribution is -2.39. The number of esters is 2. The van der Waals surface area contributed by atoms with Crippen molar-refractivity contribution in [2.75, 3.05) is 0 Å². The van der Waals surface area contributed by atoms with Crippen molar-refractivity contribution in [2.24, 2.45) is 0 Å². The number of hydrogen-bond acceptors (Lipinski definition) is 4. The summed E-state index contributed by atoms with van der Waals surface area (Å²) in [5.41, 5.74) is 5.55. The van der Waals surface area contributed by atoms with Crippen molar-refractivity contribution in [1.29, 1.82) is 0 Å². The second kappa shape index (κ2) is 7.69. The monoisotopic (exact) mass is 412 g/mol. The highest BCUT2D eigenvalue weighted by Gasteiger charge is 2.55. The van der Waals surface area contributed by atoms with E-state index in [-0.39, 0.29) is 23.8 Å². The summed E-state index contributed by atoms with van der Waals surface area (Å²) in [7, 11) is 0. The van der Waals surface area contributed by atoms with E-state index in [9.17, 15) is 9.59 Å². The Labute approximate surface area is 181 Å². The van der Waals surface area contributed by atoms with Crippen LogP contribution in [-0.2, 0) is 9.47 Å². The van der Waals surface area contributed by atoms with Crippen molar-refractivity contribution in [2.45, 2.75) is 44.3 Å². The molecule has 5 rings (SSSR count). The molecule has 4 nitrogen and oxygen atoms in total. The lowest BCUT2D eigenvalue weighted by atomic mass is 9.87. The molecule has 0 amide bonds. The van der Waals surface area contributed by atoms with Gasteiger partial charge in [-0.3, -0.25) is 0 Å². The van der Waals surface area contributed by atoms with Gasteiger partial charge in [-0.05, 0) is 55.7 Å². The van der Waals surface area contributed by atoms with Crippen LogP contribution in [0.1, 0.15) is 61.2 Å². The molecule has 4 atom stereocenters. The Hall–Kier alpha value is -3.40. The predicted molar refractivity (Wildman–Crippen MR) is 117 cm³/mol. The van der Waals surface area contributed by atoms with E-state index in [2.05, 4.69) is 12.1 Å². The first-order valence-electron chi connectivity index (χ1n) is 10.7. The standard InChI is InChI=1S/C27H24O4/c1-16-7-11-18(12-8-16)26(28)30-24-22-15-23(21-6-4-3-5-20(21)22)25(24)31-27(29)19-13-9-17(2)10-14-19/h3-14,22-25H,15H2,1-2H3. The number of carbonyl (C=O) groups excluding carboxylic acids is 2. The molecule has 4 heteroatoms. The first kappa shape index (κ1) is 19.6. The van der Waals surface area contributed by atoms with Crippen LogP contribution in [-0.4, -0.2) is 24.1 Å². The van der Waals surface area contributed by atoms with Gasteiger partial charge >= 0.3 is 11.9 Å². The Balaban J connectivity index is 1.43. The maximum Gasteiger partial charge on any atom is 0.338 e. The average molecular weight is 412 g/mol. The molecule has 0 heterocycles. The Morgan fingerprint density at radius 3 is 1.42 bits per heavy atom. The van der Waals surface area contributed by atoms with Gasteiger partial charge in [0.05, 0.1) is 11.1 Å². The van der Waals surface area contributed by atoms with E-state index in [1.54, 1.807) is 24.3 Å². The van der Waals surface area contributed by atoms with Gasteiger partial charge in [0, 0.05) is 11.8 Å². The Bertz CT molecular complexity index is 1040. The van der Waals surface area contributed by atoms with E-state index in [0.29, 0.717) is 11.1 Å². The van der Waals surface area contributed by atoms with Crippen LogP contribution < -0.4 is 0 Å². The van der Waals surface area contributed by atoms with Gasteiger partial charge in [-0.15, -0.1) is 0 Å². The van der Waals surface area contributed by atoms with Gasteiger partial charge in [0.1, 0.15) is 12.2 Å². The number of hydrogen-bond donors (Lipinski definition) is 0. The molecule has 0 aliphatic heterocycles. The summed E-state index contributed by atoms with van der Waals surface area (Å²) in [6, 6.07) is 22.8. The zero-order valence-corrected chi connectivity index (χ0v) is 17.6. The second-order valence-corrected chi connectivity index (χ2v) is 8.55. The number of ether oxygens (including phenoxy) is 2. The fourth-order valence-electron chi connectivity index (χ4n) is 4.85. The van der Waals surface area contributed by atoms with Gasteiger partial charge in [0.15, 0.2) is 0 Å². The van der Waals surface area contributed by atoms with Crippen LogP contribution >= 0.6 is 0 Å². The quantitative estimate of drug-likeness (QED) is 0.543. The highest BCUT2D eigenvalue weighted by Crippen LogP contribution is 2.55. The molecule has 31 heavy (non-hydrogen) atoms. The molecule has 2 aliphatic rings. The third-order valence-electron chi connectivity index (χ3n) is 6.48. The predicted octanol–water partition coefficient (Wildman–Crippen LogP) is 5.34. The van der Waals surface area contributed by atoms with E-state index < -0.39 is 12.2 Å². The van der Waals surface area contributed by atoms with E-state index in [1.807, 2.05) is 50.2 Å². The molecule has 1 fully saturated rings. The normalized spacial score (nSPS) is 23.3. The first-order chi connectivity index (χ1) is 15.0. The first-order valence-corrected chi connectivity index (χ1v) is 10.7. The van der Waals surface area contributed by atoms with Crippen LogP contribution in [0.15, 0.2) is 72.8 Å². The van der Waals surface area contributed by atoms with E-state index in [0.717, 1.165) is 17.5 Å². The van der Waals surface area contributed by atoms with Gasteiger partial charge in [-0.1, -0.05) is 59.7 Å². The van der Waals surface area contributed by atoms with Gasteiger partial charge in [0.2, 0.25) is 0 Å². The van der Waals surface area contributed by atoms with Crippen LogP contribution in [0.2, 0.25) is 0 Å². The lowest BCUT2D eigenvalue weighted by molar-refractivity contribution is -0.0348. The van der Waals surface area contributed by atoms with Crippen molar-refractivity contribution >= 4 is 11.9 Å². The molecule has 4 unspecified atom stereocenters. The van der Waals surface area contributed by atoms with Crippen LogP contribution in [0.3, 0.4) is 0 Å². The number of benzene rings is 3. The topological polar surface area (TPSA) is 52.6 Å². The largest absolute Gasteiger partial charge is 0.454 e. The van der Waals surface area contributed by atoms with Crippen LogP contribution in [0.25, 0.3) is 0 Å². The highest BCUT2D eigenvalue weighted by atomic mass is 16.6. The van der Waals surface area contributed by atoms with Crippen LogP contribution in [0.4, 0.5) is 0 Å². The van der Waals surface area contributed by atoms with E-state index >= 15 is 0 Å². The van der Waals surface area contributed by atoms with Crippen molar-refractivity contribution in [3.05, 3.63) is 106 Å². The van der Waals surface area contributed by atoms with Gasteiger partial charge < -0.3 is 9.47 Å². The smallest absolute Gasteiger partial charge is 0.338 e. The number of aryl methyl sites for hydroxylation is 2. The summed E-state index contributed by atoms with van der Waals surface area (Å²) in [5.74, 6) is -0.698. The molecule has 3 aromatic rings. The molecular formula is C27H24O4. The minimum Gasteiger partial charge on any atom is -0.454 e. The zero-order valence-electron chi connectivity index (χ0n) is 17.6. The molecular weight excluding hydrogens is 388 g/mol. The molecule has 0 aromatic heterocycles. The summed E-state index contributed by atoms with van der Waals surface area (Å²) >= 11 is 0. The van der Waals surface area contributed by atoms with Crippen molar-refractivity contribution in [3.63, 3.8) is 0 Å². The highest BCUT2D eigenvalue weighted by molar-refractivity contribution is 5.90. The van der Waals surface area contributed by atoms with Crippen molar-refractivity contribution in [1.82, 2.24) is 0 Å². The van der Waals surface area contributed by atoms with Gasteiger partial charge in [0.25, 0.3) is 0 Å². The van der Waals surface area contributed by atoms with Crippen molar-refractivity contribution in [3.8, 4) is 0 Å². The molecule has 156 valence electrons.